The molecule has 1 fully saturated rings. The first-order valence-electron chi connectivity index (χ1n) is 3.37. The average molecular weight is 173 g/mol. The van der Waals surface area contributed by atoms with Crippen molar-refractivity contribution in [2.75, 3.05) is 0 Å². The lowest BCUT2D eigenvalue weighted by molar-refractivity contribution is -0.123. The summed E-state index contributed by atoms with van der Waals surface area (Å²) in [6, 6.07) is 0. The molecule has 0 radical (unpaired) electrons. The summed E-state index contributed by atoms with van der Waals surface area (Å²) in [6.45, 7) is 10.7. The summed E-state index contributed by atoms with van der Waals surface area (Å²) in [7, 11) is 0. The lowest BCUT2D eigenvalue weighted by atomic mass is 10.2. The molecule has 0 aliphatic carbocycles. The van der Waals surface area contributed by atoms with Crippen LogP contribution in [0.3, 0.4) is 0 Å². The van der Waals surface area contributed by atoms with E-state index in [1.165, 1.54) is 0 Å². The third-order valence-corrected chi connectivity index (χ3v) is 1.14. The van der Waals surface area contributed by atoms with Crippen molar-refractivity contribution in [1.82, 2.24) is 5.32 Å². The van der Waals surface area contributed by atoms with Gasteiger partial charge in [-0.3, -0.25) is 19.6 Å². The molecule has 1 rings (SSSR count). The number of hydrogen-bond acceptors (Lipinski definition) is 2. The van der Waals surface area contributed by atoms with Gasteiger partial charge < -0.3 is 0 Å². The van der Waals surface area contributed by atoms with Crippen molar-refractivity contribution in [1.29, 1.82) is 0 Å². The normalized spacial score (nSPS) is 14.5. The van der Waals surface area contributed by atoms with Gasteiger partial charge in [-0.2, -0.15) is 0 Å². The van der Waals surface area contributed by atoms with Gasteiger partial charge in [-0.1, -0.05) is 27.0 Å². The minimum atomic E-state index is -0.440. The summed E-state index contributed by atoms with van der Waals surface area (Å²) >= 11 is 0. The van der Waals surface area contributed by atoms with E-state index in [0.29, 0.717) is 0 Å². The highest BCUT2D eigenvalue weighted by molar-refractivity contribution is 6.23. The topological polar surface area (TPSA) is 46.2 Å². The van der Waals surface area contributed by atoms with Crippen molar-refractivity contribution in [3.05, 3.63) is 24.3 Å². The highest BCUT2D eigenvalue weighted by Gasteiger charge is 2.26. The van der Waals surface area contributed by atoms with E-state index in [1.54, 1.807) is 0 Å². The Kier molecular flexibility index (Phi) is 5.74. The first-order chi connectivity index (χ1) is 5.13. The van der Waals surface area contributed by atoms with Crippen LogP contribution < -0.4 is 5.32 Å². The Morgan fingerprint density at radius 1 is 1.00 bits per heavy atom. The van der Waals surface area contributed by atoms with Crippen LogP contribution in [-0.2, 0) is 9.59 Å². The summed E-state index contributed by atoms with van der Waals surface area (Å²) in [4.78, 5) is 21.0. The number of halogens is 1. The number of hydrogen-bond donors (Lipinski definition) is 1. The van der Waals surface area contributed by atoms with Gasteiger partial charge in [0, 0.05) is 11.1 Å². The van der Waals surface area contributed by atoms with Crippen LogP contribution in [0.15, 0.2) is 24.3 Å². The molecule has 0 unspecified atom stereocenters. The number of nitrogens with one attached hydrogen (secondary N) is 1. The van der Waals surface area contributed by atoms with E-state index in [1.807, 2.05) is 19.2 Å². The van der Waals surface area contributed by atoms with Crippen LogP contribution in [0.1, 0.15) is 13.8 Å². The van der Waals surface area contributed by atoms with E-state index in [0.717, 1.165) is 0 Å². The maximum atomic E-state index is 10.5. The fraction of sp³-hybridized carbons (Fsp3) is 0.250. The van der Waals surface area contributed by atoms with Gasteiger partial charge in [0.05, 0.1) is 0 Å². The summed E-state index contributed by atoms with van der Waals surface area (Å²) in [5, 5.41) is 2.04. The molecule has 1 aliphatic heterocycles. The summed E-state index contributed by atoms with van der Waals surface area (Å²) in [6.07, 6.45) is 0. The standard InChI is InChI=1S/C6H5NO2.C2H6.FH/c1-3-4(2)6(9)7-5(3)8;1-2;/h1-2H2,(H,7,8,9);1-2H3;1H. The van der Waals surface area contributed by atoms with Gasteiger partial charge in [0.25, 0.3) is 11.8 Å². The van der Waals surface area contributed by atoms with Gasteiger partial charge in [-0.15, -0.1) is 0 Å². The number of amides is 2. The minimum Gasteiger partial charge on any atom is -0.288 e. The quantitative estimate of drug-likeness (QED) is 0.437. The van der Waals surface area contributed by atoms with E-state index in [-0.39, 0.29) is 15.9 Å². The Morgan fingerprint density at radius 2 is 1.25 bits per heavy atom. The minimum absolute atomic E-state index is 0. The van der Waals surface area contributed by atoms with Gasteiger partial charge in [0.15, 0.2) is 0 Å². The Morgan fingerprint density at radius 3 is 1.33 bits per heavy atom. The molecule has 4 heteroatoms. The van der Waals surface area contributed by atoms with Crippen LogP contribution in [-0.4, -0.2) is 11.8 Å². The Bertz CT molecular complexity index is 209. The molecule has 1 N–H and O–H groups in total. The summed E-state index contributed by atoms with van der Waals surface area (Å²) in [5.41, 5.74) is 0.333. The van der Waals surface area contributed by atoms with E-state index in [2.05, 4.69) is 13.2 Å². The van der Waals surface area contributed by atoms with Gasteiger partial charge in [-0.25, -0.2) is 0 Å². The maximum absolute atomic E-state index is 10.5. The fourth-order valence-corrected chi connectivity index (χ4v) is 0.528. The molecule has 0 bridgehead atoms. The lowest BCUT2D eigenvalue weighted by Crippen LogP contribution is -2.19. The zero-order valence-corrected chi connectivity index (χ0v) is 7.14. The van der Waals surface area contributed by atoms with E-state index in [9.17, 15) is 9.59 Å². The SMILES string of the molecule is C=C1C(=C)C(=O)NC1=O.CC.F. The molecule has 0 aromatic carbocycles. The third-order valence-electron chi connectivity index (χ3n) is 1.14. The molecular weight excluding hydrogens is 161 g/mol. The van der Waals surface area contributed by atoms with Gasteiger partial charge >= 0.3 is 0 Å². The van der Waals surface area contributed by atoms with Crippen LogP contribution in [0, 0.1) is 0 Å². The zero-order valence-electron chi connectivity index (χ0n) is 7.14. The van der Waals surface area contributed by atoms with Gasteiger partial charge in [0.2, 0.25) is 0 Å². The molecule has 1 heterocycles. The number of carbonyl (C=O) groups excluding carboxylic acids is 2. The van der Waals surface area contributed by atoms with Crippen molar-refractivity contribution < 1.29 is 14.3 Å². The molecule has 68 valence electrons. The first kappa shape index (κ1) is 13.2. The van der Waals surface area contributed by atoms with Crippen LogP contribution in [0.25, 0.3) is 0 Å². The predicted octanol–water partition coefficient (Wildman–Crippen LogP) is 0.934. The maximum Gasteiger partial charge on any atom is 0.258 e. The molecule has 1 saturated heterocycles. The highest BCUT2D eigenvalue weighted by atomic mass is 19.0. The molecule has 1 aliphatic rings. The van der Waals surface area contributed by atoms with Crippen LogP contribution in [0.2, 0.25) is 0 Å². The highest BCUT2D eigenvalue weighted by Crippen LogP contribution is 2.11. The molecule has 12 heavy (non-hydrogen) atoms. The van der Waals surface area contributed by atoms with Crippen molar-refractivity contribution in [2.45, 2.75) is 13.8 Å². The van der Waals surface area contributed by atoms with Crippen molar-refractivity contribution >= 4 is 11.8 Å². The molecule has 0 aromatic heterocycles. The molecule has 0 spiro atoms. The van der Waals surface area contributed by atoms with Gasteiger partial charge in [-0.05, 0) is 0 Å². The number of rotatable bonds is 0. The van der Waals surface area contributed by atoms with Crippen LogP contribution >= 0.6 is 0 Å². The first-order valence-corrected chi connectivity index (χ1v) is 3.37. The monoisotopic (exact) mass is 173 g/mol. The smallest absolute Gasteiger partial charge is 0.258 e. The summed E-state index contributed by atoms with van der Waals surface area (Å²) < 4.78 is 0. The predicted molar refractivity (Wildman–Crippen MR) is 45.3 cm³/mol. The second kappa shape index (κ2) is 5.23. The Hall–Kier alpha value is -1.45. The Balaban J connectivity index is 0. The lowest BCUT2D eigenvalue weighted by Gasteiger charge is -1.81. The number of imide groups is 1. The third kappa shape index (κ3) is 2.30. The fourth-order valence-electron chi connectivity index (χ4n) is 0.528. The van der Waals surface area contributed by atoms with E-state index in [4.69, 9.17) is 0 Å². The molecule has 2 amide bonds. The largest absolute Gasteiger partial charge is 0.288 e. The average Bonchev–Trinajstić information content (AvgIpc) is 2.22. The molecular formula is C8H12FNO2. The Labute approximate surface area is 70.5 Å². The van der Waals surface area contributed by atoms with E-state index >= 15 is 0 Å². The zero-order chi connectivity index (χ0) is 9.02. The summed E-state index contributed by atoms with van der Waals surface area (Å²) in [5.74, 6) is -0.880. The van der Waals surface area contributed by atoms with Crippen molar-refractivity contribution in [2.24, 2.45) is 0 Å². The molecule has 3 nitrogen and oxygen atoms in total. The van der Waals surface area contributed by atoms with Crippen LogP contribution in [0.5, 0.6) is 0 Å². The van der Waals surface area contributed by atoms with Crippen molar-refractivity contribution in [3.8, 4) is 0 Å². The number of carbonyl (C=O) groups is 2. The van der Waals surface area contributed by atoms with Gasteiger partial charge in [0.1, 0.15) is 0 Å². The van der Waals surface area contributed by atoms with E-state index < -0.39 is 11.8 Å². The molecule has 0 atom stereocenters. The second-order valence-electron chi connectivity index (χ2n) is 1.74. The second-order valence-corrected chi connectivity index (χ2v) is 1.74. The van der Waals surface area contributed by atoms with Crippen LogP contribution in [0.4, 0.5) is 4.70 Å². The molecule has 0 aromatic rings. The van der Waals surface area contributed by atoms with Crippen molar-refractivity contribution in [3.63, 3.8) is 0 Å². The molecule has 0 saturated carbocycles.